The van der Waals surface area contributed by atoms with Gasteiger partial charge in [0.05, 0.1) is 19.6 Å². The van der Waals surface area contributed by atoms with Gasteiger partial charge in [-0.3, -0.25) is 0 Å². The lowest BCUT2D eigenvalue weighted by atomic mass is 10.1. The van der Waals surface area contributed by atoms with Crippen molar-refractivity contribution in [2.45, 2.75) is 32.7 Å². The summed E-state index contributed by atoms with van der Waals surface area (Å²) >= 11 is 0. The predicted octanol–water partition coefficient (Wildman–Crippen LogP) is 2.92. The number of alkyl halides is 3. The Balaban J connectivity index is 2.42. The fourth-order valence-electron chi connectivity index (χ4n) is 1.42. The van der Waals surface area contributed by atoms with Crippen molar-refractivity contribution < 1.29 is 17.9 Å². The summed E-state index contributed by atoms with van der Waals surface area (Å²) in [7, 11) is 0. The van der Waals surface area contributed by atoms with E-state index in [-0.39, 0.29) is 13.2 Å². The first-order valence-corrected chi connectivity index (χ1v) is 5.35. The standard InChI is InChI=1S/C12H16F3NO/c1-9-6-10(7-16)2-3-11(9)8-17-5-4-12(13,14)15/h2-3,6H,4-5,7-8,16H2,1H3. The van der Waals surface area contributed by atoms with Crippen LogP contribution < -0.4 is 5.73 Å². The summed E-state index contributed by atoms with van der Waals surface area (Å²) in [5.74, 6) is 0. The zero-order chi connectivity index (χ0) is 12.9. The molecule has 1 aromatic rings. The van der Waals surface area contributed by atoms with Crippen LogP contribution in [0.2, 0.25) is 0 Å². The van der Waals surface area contributed by atoms with Crippen LogP contribution in [0.4, 0.5) is 13.2 Å². The molecule has 0 saturated heterocycles. The first-order valence-electron chi connectivity index (χ1n) is 5.35. The lowest BCUT2D eigenvalue weighted by Gasteiger charge is -2.10. The Hall–Kier alpha value is -1.07. The minimum atomic E-state index is -4.15. The molecular weight excluding hydrogens is 231 g/mol. The van der Waals surface area contributed by atoms with Crippen molar-refractivity contribution in [2.75, 3.05) is 6.61 Å². The zero-order valence-corrected chi connectivity index (χ0v) is 9.68. The number of hydrogen-bond donors (Lipinski definition) is 1. The van der Waals surface area contributed by atoms with Gasteiger partial charge in [-0.1, -0.05) is 18.2 Å². The minimum absolute atomic E-state index is 0.201. The van der Waals surface area contributed by atoms with Crippen LogP contribution in [0.1, 0.15) is 23.1 Å². The maximum atomic E-state index is 11.9. The van der Waals surface area contributed by atoms with Crippen molar-refractivity contribution in [1.82, 2.24) is 0 Å². The van der Waals surface area contributed by atoms with E-state index in [1.807, 2.05) is 25.1 Å². The maximum absolute atomic E-state index is 11.9. The highest BCUT2D eigenvalue weighted by Gasteiger charge is 2.26. The monoisotopic (exact) mass is 247 g/mol. The van der Waals surface area contributed by atoms with E-state index in [0.717, 1.165) is 16.7 Å². The molecule has 96 valence electrons. The van der Waals surface area contributed by atoms with E-state index in [1.165, 1.54) is 0 Å². The summed E-state index contributed by atoms with van der Waals surface area (Å²) in [6.45, 7) is 2.24. The molecular formula is C12H16F3NO. The summed E-state index contributed by atoms with van der Waals surface area (Å²) in [6.07, 6.45) is -5.06. The van der Waals surface area contributed by atoms with Crippen molar-refractivity contribution >= 4 is 0 Å². The molecule has 0 aliphatic carbocycles. The largest absolute Gasteiger partial charge is 0.391 e. The Bertz CT molecular complexity index is 363. The van der Waals surface area contributed by atoms with Crippen LogP contribution in [0.3, 0.4) is 0 Å². The summed E-state index contributed by atoms with van der Waals surface area (Å²) in [5.41, 5.74) is 8.36. The van der Waals surface area contributed by atoms with Crippen LogP contribution in [-0.4, -0.2) is 12.8 Å². The van der Waals surface area contributed by atoms with Gasteiger partial charge in [-0.05, 0) is 23.6 Å². The average Bonchev–Trinajstić information content (AvgIpc) is 2.24. The fraction of sp³-hybridized carbons (Fsp3) is 0.500. The van der Waals surface area contributed by atoms with Crippen molar-refractivity contribution in [1.29, 1.82) is 0 Å². The second kappa shape index (κ2) is 6.02. The third kappa shape index (κ3) is 5.19. The highest BCUT2D eigenvalue weighted by atomic mass is 19.4. The number of benzene rings is 1. The summed E-state index contributed by atoms with van der Waals surface area (Å²) < 4.78 is 40.6. The van der Waals surface area contributed by atoms with Gasteiger partial charge >= 0.3 is 6.18 Å². The molecule has 2 nitrogen and oxygen atoms in total. The maximum Gasteiger partial charge on any atom is 0.391 e. The first kappa shape index (κ1) is 14.0. The Morgan fingerprint density at radius 1 is 1.29 bits per heavy atom. The van der Waals surface area contributed by atoms with E-state index in [0.29, 0.717) is 6.54 Å². The second-order valence-electron chi connectivity index (χ2n) is 3.88. The summed E-state index contributed by atoms with van der Waals surface area (Å²) in [5, 5.41) is 0. The van der Waals surface area contributed by atoms with E-state index >= 15 is 0 Å². The summed E-state index contributed by atoms with van der Waals surface area (Å²) in [6, 6.07) is 5.61. The van der Waals surface area contributed by atoms with Crippen LogP contribution in [0.15, 0.2) is 18.2 Å². The van der Waals surface area contributed by atoms with Gasteiger partial charge in [-0.2, -0.15) is 13.2 Å². The number of aryl methyl sites for hydroxylation is 1. The second-order valence-corrected chi connectivity index (χ2v) is 3.88. The van der Waals surface area contributed by atoms with E-state index in [2.05, 4.69) is 0 Å². The number of rotatable bonds is 5. The van der Waals surface area contributed by atoms with E-state index in [9.17, 15) is 13.2 Å². The number of halogens is 3. The number of ether oxygens (including phenoxy) is 1. The lowest BCUT2D eigenvalue weighted by Crippen LogP contribution is -2.11. The third-order valence-corrected chi connectivity index (χ3v) is 2.43. The van der Waals surface area contributed by atoms with Crippen molar-refractivity contribution in [3.05, 3.63) is 34.9 Å². The molecule has 0 radical (unpaired) electrons. The first-order chi connectivity index (χ1) is 7.92. The van der Waals surface area contributed by atoms with Crippen LogP contribution in [0.5, 0.6) is 0 Å². The molecule has 0 amide bonds. The van der Waals surface area contributed by atoms with Crippen LogP contribution in [0, 0.1) is 6.92 Å². The molecule has 0 fully saturated rings. The zero-order valence-electron chi connectivity index (χ0n) is 9.68. The molecule has 1 rings (SSSR count). The number of hydrogen-bond acceptors (Lipinski definition) is 2. The van der Waals surface area contributed by atoms with Crippen molar-refractivity contribution in [2.24, 2.45) is 5.73 Å². The Kier molecular flexibility index (Phi) is 4.96. The van der Waals surface area contributed by atoms with Gasteiger partial charge in [0.15, 0.2) is 0 Å². The highest BCUT2D eigenvalue weighted by Crippen LogP contribution is 2.19. The van der Waals surface area contributed by atoms with Gasteiger partial charge in [-0.25, -0.2) is 0 Å². The molecule has 2 N–H and O–H groups in total. The molecule has 5 heteroatoms. The van der Waals surface area contributed by atoms with Gasteiger partial charge in [-0.15, -0.1) is 0 Å². The van der Waals surface area contributed by atoms with E-state index < -0.39 is 12.6 Å². The minimum Gasteiger partial charge on any atom is -0.376 e. The van der Waals surface area contributed by atoms with E-state index in [4.69, 9.17) is 10.5 Å². The summed E-state index contributed by atoms with van der Waals surface area (Å²) in [4.78, 5) is 0. The van der Waals surface area contributed by atoms with Gasteiger partial charge in [0.1, 0.15) is 0 Å². The van der Waals surface area contributed by atoms with Gasteiger partial charge in [0.2, 0.25) is 0 Å². The Labute approximate surface area is 98.6 Å². The van der Waals surface area contributed by atoms with Crippen LogP contribution >= 0.6 is 0 Å². The molecule has 0 spiro atoms. The molecule has 0 saturated carbocycles. The molecule has 0 aliphatic heterocycles. The molecule has 0 atom stereocenters. The highest BCUT2D eigenvalue weighted by molar-refractivity contribution is 5.30. The SMILES string of the molecule is Cc1cc(CN)ccc1COCCC(F)(F)F. The van der Waals surface area contributed by atoms with Gasteiger partial charge in [0, 0.05) is 6.54 Å². The number of nitrogens with two attached hydrogens (primary N) is 1. The predicted molar refractivity (Wildman–Crippen MR) is 59.4 cm³/mol. The molecule has 0 heterocycles. The third-order valence-electron chi connectivity index (χ3n) is 2.43. The quantitative estimate of drug-likeness (QED) is 0.812. The Morgan fingerprint density at radius 2 is 2.00 bits per heavy atom. The van der Waals surface area contributed by atoms with Crippen LogP contribution in [0.25, 0.3) is 0 Å². The average molecular weight is 247 g/mol. The lowest BCUT2D eigenvalue weighted by molar-refractivity contribution is -0.146. The molecule has 0 bridgehead atoms. The van der Waals surface area contributed by atoms with Gasteiger partial charge in [0.25, 0.3) is 0 Å². The molecule has 0 aromatic heterocycles. The fourth-order valence-corrected chi connectivity index (χ4v) is 1.42. The molecule has 1 aromatic carbocycles. The molecule has 17 heavy (non-hydrogen) atoms. The normalized spacial score (nSPS) is 11.8. The van der Waals surface area contributed by atoms with E-state index in [1.54, 1.807) is 0 Å². The smallest absolute Gasteiger partial charge is 0.376 e. The topological polar surface area (TPSA) is 35.2 Å². The van der Waals surface area contributed by atoms with Crippen molar-refractivity contribution in [3.8, 4) is 0 Å². The van der Waals surface area contributed by atoms with Crippen molar-refractivity contribution in [3.63, 3.8) is 0 Å². The molecule has 0 unspecified atom stereocenters. The van der Waals surface area contributed by atoms with Gasteiger partial charge < -0.3 is 10.5 Å². The Morgan fingerprint density at radius 3 is 2.53 bits per heavy atom. The van der Waals surface area contributed by atoms with Crippen LogP contribution in [-0.2, 0) is 17.9 Å². The molecule has 0 aliphatic rings.